The van der Waals surface area contributed by atoms with Gasteiger partial charge in [-0.2, -0.15) is 5.10 Å². The van der Waals surface area contributed by atoms with Crippen molar-refractivity contribution in [1.29, 1.82) is 0 Å². The molecule has 0 saturated carbocycles. The minimum Gasteiger partial charge on any atom is -0.383 e. The number of nitrogens with zero attached hydrogens (tertiary/aromatic N) is 4. The standard InChI is InChI=1S/C10H13N5/c1-7(2)8-9(11)12-6-13-10(8)15-5-3-4-14-15/h3-7H,1-2H3,(H2,11,12,13). The second kappa shape index (κ2) is 3.68. The summed E-state index contributed by atoms with van der Waals surface area (Å²) in [7, 11) is 0. The van der Waals surface area contributed by atoms with E-state index in [-0.39, 0.29) is 5.92 Å². The molecule has 0 fully saturated rings. The lowest BCUT2D eigenvalue weighted by Gasteiger charge is -2.12. The van der Waals surface area contributed by atoms with Gasteiger partial charge in [0.1, 0.15) is 12.1 Å². The Morgan fingerprint density at radius 1 is 1.33 bits per heavy atom. The van der Waals surface area contributed by atoms with E-state index in [4.69, 9.17) is 5.73 Å². The van der Waals surface area contributed by atoms with Crippen molar-refractivity contribution in [3.05, 3.63) is 30.4 Å². The van der Waals surface area contributed by atoms with Crippen molar-refractivity contribution in [3.63, 3.8) is 0 Å². The van der Waals surface area contributed by atoms with Gasteiger partial charge in [-0.1, -0.05) is 13.8 Å². The van der Waals surface area contributed by atoms with Crippen LogP contribution in [0.3, 0.4) is 0 Å². The monoisotopic (exact) mass is 203 g/mol. The summed E-state index contributed by atoms with van der Waals surface area (Å²) in [6.45, 7) is 4.12. The summed E-state index contributed by atoms with van der Waals surface area (Å²) in [6.07, 6.45) is 5.01. The van der Waals surface area contributed by atoms with Crippen LogP contribution < -0.4 is 5.73 Å². The predicted octanol–water partition coefficient (Wildman–Crippen LogP) is 1.37. The van der Waals surface area contributed by atoms with E-state index in [1.165, 1.54) is 6.33 Å². The molecule has 5 heteroatoms. The SMILES string of the molecule is CC(C)c1c(N)ncnc1-n1cccn1. The smallest absolute Gasteiger partial charge is 0.162 e. The first-order valence-corrected chi connectivity index (χ1v) is 4.80. The van der Waals surface area contributed by atoms with Crippen LogP contribution in [0.25, 0.3) is 5.82 Å². The van der Waals surface area contributed by atoms with E-state index in [9.17, 15) is 0 Å². The van der Waals surface area contributed by atoms with Gasteiger partial charge in [0, 0.05) is 18.0 Å². The number of rotatable bonds is 2. The fraction of sp³-hybridized carbons (Fsp3) is 0.300. The van der Waals surface area contributed by atoms with E-state index < -0.39 is 0 Å². The van der Waals surface area contributed by atoms with Gasteiger partial charge in [0.05, 0.1) is 0 Å². The highest BCUT2D eigenvalue weighted by molar-refractivity contribution is 5.49. The summed E-state index contributed by atoms with van der Waals surface area (Å²) in [6, 6.07) is 1.85. The average molecular weight is 203 g/mol. The zero-order chi connectivity index (χ0) is 10.8. The van der Waals surface area contributed by atoms with Crippen molar-refractivity contribution in [1.82, 2.24) is 19.7 Å². The van der Waals surface area contributed by atoms with Gasteiger partial charge in [-0.05, 0) is 12.0 Å². The summed E-state index contributed by atoms with van der Waals surface area (Å²) in [5.41, 5.74) is 6.77. The van der Waals surface area contributed by atoms with E-state index in [1.54, 1.807) is 10.9 Å². The number of nitrogen functional groups attached to an aromatic ring is 1. The molecule has 0 saturated heterocycles. The second-order valence-corrected chi connectivity index (χ2v) is 3.60. The molecule has 0 amide bonds. The summed E-state index contributed by atoms with van der Waals surface area (Å²) in [5, 5.41) is 4.14. The molecule has 78 valence electrons. The largest absolute Gasteiger partial charge is 0.383 e. The van der Waals surface area contributed by atoms with Crippen LogP contribution in [0.2, 0.25) is 0 Å². The van der Waals surface area contributed by atoms with E-state index >= 15 is 0 Å². The van der Waals surface area contributed by atoms with Gasteiger partial charge in [0.2, 0.25) is 0 Å². The van der Waals surface area contributed by atoms with Crippen molar-refractivity contribution in [2.45, 2.75) is 19.8 Å². The van der Waals surface area contributed by atoms with Gasteiger partial charge >= 0.3 is 0 Å². The molecule has 2 aromatic heterocycles. The molecule has 2 aromatic rings. The molecular formula is C10H13N5. The summed E-state index contributed by atoms with van der Waals surface area (Å²) >= 11 is 0. The van der Waals surface area contributed by atoms with E-state index in [2.05, 4.69) is 28.9 Å². The molecule has 15 heavy (non-hydrogen) atoms. The van der Waals surface area contributed by atoms with Gasteiger partial charge in [-0.3, -0.25) is 0 Å². The average Bonchev–Trinajstić information content (AvgIpc) is 2.69. The van der Waals surface area contributed by atoms with Crippen LogP contribution in [0.15, 0.2) is 24.8 Å². The predicted molar refractivity (Wildman–Crippen MR) is 57.7 cm³/mol. The number of aromatic nitrogens is 4. The van der Waals surface area contributed by atoms with Crippen molar-refractivity contribution < 1.29 is 0 Å². The van der Waals surface area contributed by atoms with Crippen LogP contribution >= 0.6 is 0 Å². The Kier molecular flexibility index (Phi) is 2.37. The third kappa shape index (κ3) is 1.68. The van der Waals surface area contributed by atoms with Crippen LogP contribution in [0, 0.1) is 0 Å². The molecule has 0 aliphatic rings. The maximum Gasteiger partial charge on any atom is 0.162 e. The minimum absolute atomic E-state index is 0.269. The first-order chi connectivity index (χ1) is 7.20. The Hall–Kier alpha value is -1.91. The number of hydrogen-bond donors (Lipinski definition) is 1. The van der Waals surface area contributed by atoms with Gasteiger partial charge < -0.3 is 5.73 Å². The number of hydrogen-bond acceptors (Lipinski definition) is 4. The molecule has 0 bridgehead atoms. The molecule has 2 rings (SSSR count). The third-order valence-electron chi connectivity index (χ3n) is 2.19. The van der Waals surface area contributed by atoms with Gasteiger partial charge in [-0.15, -0.1) is 0 Å². The topological polar surface area (TPSA) is 69.6 Å². The van der Waals surface area contributed by atoms with Gasteiger partial charge in [0.25, 0.3) is 0 Å². The summed E-state index contributed by atoms with van der Waals surface area (Å²) in [4.78, 5) is 8.21. The maximum atomic E-state index is 5.84. The van der Waals surface area contributed by atoms with Gasteiger partial charge in [-0.25, -0.2) is 14.6 Å². The number of anilines is 1. The first kappa shape index (κ1) is 9.64. The quantitative estimate of drug-likeness (QED) is 0.800. The molecule has 0 aromatic carbocycles. The Balaban J connectivity index is 2.61. The van der Waals surface area contributed by atoms with Crippen molar-refractivity contribution >= 4 is 5.82 Å². The van der Waals surface area contributed by atoms with Crippen molar-refractivity contribution in [2.75, 3.05) is 5.73 Å². The fourth-order valence-electron chi connectivity index (χ4n) is 1.53. The highest BCUT2D eigenvalue weighted by Gasteiger charge is 2.14. The molecule has 5 nitrogen and oxygen atoms in total. The lowest BCUT2D eigenvalue weighted by molar-refractivity contribution is 0.776. The maximum absolute atomic E-state index is 5.84. The molecule has 2 heterocycles. The molecule has 2 N–H and O–H groups in total. The fourth-order valence-corrected chi connectivity index (χ4v) is 1.53. The molecule has 0 aliphatic carbocycles. The summed E-state index contributed by atoms with van der Waals surface area (Å²) < 4.78 is 1.70. The highest BCUT2D eigenvalue weighted by atomic mass is 15.3. The Morgan fingerprint density at radius 2 is 2.13 bits per heavy atom. The molecule has 0 unspecified atom stereocenters. The molecular weight excluding hydrogens is 190 g/mol. The van der Waals surface area contributed by atoms with Crippen molar-refractivity contribution in [3.8, 4) is 5.82 Å². The van der Waals surface area contributed by atoms with E-state index in [0.717, 1.165) is 11.4 Å². The van der Waals surface area contributed by atoms with Crippen LogP contribution in [0.4, 0.5) is 5.82 Å². The Morgan fingerprint density at radius 3 is 2.73 bits per heavy atom. The van der Waals surface area contributed by atoms with E-state index in [1.807, 2.05) is 12.3 Å². The van der Waals surface area contributed by atoms with Crippen LogP contribution in [-0.4, -0.2) is 19.7 Å². The first-order valence-electron chi connectivity index (χ1n) is 4.80. The lowest BCUT2D eigenvalue weighted by Crippen LogP contribution is -2.09. The zero-order valence-corrected chi connectivity index (χ0v) is 8.75. The normalized spacial score (nSPS) is 10.9. The van der Waals surface area contributed by atoms with Crippen LogP contribution in [-0.2, 0) is 0 Å². The van der Waals surface area contributed by atoms with Crippen LogP contribution in [0.1, 0.15) is 25.3 Å². The molecule has 0 aliphatic heterocycles. The number of nitrogens with two attached hydrogens (primary N) is 1. The third-order valence-corrected chi connectivity index (χ3v) is 2.19. The Bertz CT molecular complexity index is 447. The second-order valence-electron chi connectivity index (χ2n) is 3.60. The molecule has 0 spiro atoms. The Labute approximate surface area is 88.0 Å². The van der Waals surface area contributed by atoms with Crippen LogP contribution in [0.5, 0.6) is 0 Å². The van der Waals surface area contributed by atoms with E-state index in [0.29, 0.717) is 5.82 Å². The highest BCUT2D eigenvalue weighted by Crippen LogP contribution is 2.24. The molecule has 0 radical (unpaired) electrons. The molecule has 0 atom stereocenters. The van der Waals surface area contributed by atoms with Crippen molar-refractivity contribution in [2.24, 2.45) is 0 Å². The zero-order valence-electron chi connectivity index (χ0n) is 8.75. The summed E-state index contributed by atoms with van der Waals surface area (Å²) in [5.74, 6) is 1.54. The minimum atomic E-state index is 0.269. The lowest BCUT2D eigenvalue weighted by atomic mass is 10.1. The van der Waals surface area contributed by atoms with Gasteiger partial charge in [0.15, 0.2) is 5.82 Å².